The zero-order chi connectivity index (χ0) is 18.1. The second kappa shape index (κ2) is 9.37. The molecule has 132 valence electrons. The Labute approximate surface area is 147 Å². The largest absolute Gasteiger partial charge is 0.493 e. The molecule has 0 N–H and O–H groups in total. The molecule has 2 aromatic rings. The van der Waals surface area contributed by atoms with Gasteiger partial charge in [-0.15, -0.1) is 0 Å². The molecule has 0 atom stereocenters. The fraction of sp³-hybridized carbons (Fsp3) is 0.250. The Kier molecular flexibility index (Phi) is 6.89. The number of hydrogen-bond acceptors (Lipinski definition) is 5. The molecule has 0 saturated heterocycles. The first kappa shape index (κ1) is 18.4. The van der Waals surface area contributed by atoms with Crippen molar-refractivity contribution >= 4 is 12.0 Å². The van der Waals surface area contributed by atoms with E-state index in [2.05, 4.69) is 0 Å². The number of rotatable bonds is 8. The maximum atomic E-state index is 11.5. The summed E-state index contributed by atoms with van der Waals surface area (Å²) in [7, 11) is 3.11. The third-order valence-electron chi connectivity index (χ3n) is 3.40. The molecule has 0 unspecified atom stereocenters. The Hall–Kier alpha value is -2.95. The van der Waals surface area contributed by atoms with E-state index in [0.29, 0.717) is 30.5 Å². The Morgan fingerprint density at radius 2 is 1.76 bits per heavy atom. The van der Waals surface area contributed by atoms with Gasteiger partial charge >= 0.3 is 5.97 Å². The first-order chi connectivity index (χ1) is 12.2. The van der Waals surface area contributed by atoms with Gasteiger partial charge in [0.2, 0.25) is 5.75 Å². The van der Waals surface area contributed by atoms with Crippen molar-refractivity contribution in [3.05, 3.63) is 59.7 Å². The Morgan fingerprint density at radius 1 is 1.04 bits per heavy atom. The monoisotopic (exact) mass is 342 g/mol. The maximum Gasteiger partial charge on any atom is 0.330 e. The summed E-state index contributed by atoms with van der Waals surface area (Å²) in [6, 6.07) is 13.4. The molecule has 0 bridgehead atoms. The van der Waals surface area contributed by atoms with Gasteiger partial charge in [0.25, 0.3) is 0 Å². The van der Waals surface area contributed by atoms with Crippen molar-refractivity contribution in [1.29, 1.82) is 0 Å². The third kappa shape index (κ3) is 5.28. The number of carbonyl (C=O) groups is 1. The standard InChI is InChI=1S/C20H22O5/c1-4-24-19(21)11-10-16-12-17(22-2)20(23-3)18(13-16)25-14-15-8-6-5-7-9-15/h5-13H,4,14H2,1-3H3/b11-10+. The number of hydrogen-bond donors (Lipinski definition) is 0. The second-order valence-corrected chi connectivity index (χ2v) is 5.11. The van der Waals surface area contributed by atoms with Gasteiger partial charge < -0.3 is 18.9 Å². The summed E-state index contributed by atoms with van der Waals surface area (Å²) in [5.41, 5.74) is 1.78. The summed E-state index contributed by atoms with van der Waals surface area (Å²) in [6.45, 7) is 2.49. The highest BCUT2D eigenvalue weighted by Crippen LogP contribution is 2.39. The van der Waals surface area contributed by atoms with E-state index >= 15 is 0 Å². The quantitative estimate of drug-likeness (QED) is 0.539. The molecule has 2 rings (SSSR count). The highest BCUT2D eigenvalue weighted by atomic mass is 16.5. The number of carbonyl (C=O) groups excluding carboxylic acids is 1. The van der Waals surface area contributed by atoms with Crippen molar-refractivity contribution in [1.82, 2.24) is 0 Å². The summed E-state index contributed by atoms with van der Waals surface area (Å²) in [6.07, 6.45) is 3.01. The lowest BCUT2D eigenvalue weighted by Crippen LogP contribution is -2.01. The maximum absolute atomic E-state index is 11.5. The fourth-order valence-corrected chi connectivity index (χ4v) is 2.24. The molecule has 0 heterocycles. The summed E-state index contributed by atoms with van der Waals surface area (Å²) >= 11 is 0. The van der Waals surface area contributed by atoms with E-state index in [1.165, 1.54) is 6.08 Å². The minimum atomic E-state index is -0.399. The van der Waals surface area contributed by atoms with Gasteiger partial charge in [-0.3, -0.25) is 0 Å². The molecule has 0 saturated carbocycles. The van der Waals surface area contributed by atoms with Gasteiger partial charge in [-0.1, -0.05) is 30.3 Å². The van der Waals surface area contributed by atoms with Crippen LogP contribution in [0.25, 0.3) is 6.08 Å². The lowest BCUT2D eigenvalue weighted by Gasteiger charge is -2.15. The molecule has 0 radical (unpaired) electrons. The normalized spacial score (nSPS) is 10.5. The molecule has 5 heteroatoms. The predicted octanol–water partition coefficient (Wildman–Crippen LogP) is 3.86. The highest BCUT2D eigenvalue weighted by molar-refractivity contribution is 5.87. The lowest BCUT2D eigenvalue weighted by molar-refractivity contribution is -0.137. The predicted molar refractivity (Wildman–Crippen MR) is 96.0 cm³/mol. The zero-order valence-corrected chi connectivity index (χ0v) is 14.7. The van der Waals surface area contributed by atoms with Crippen LogP contribution in [0.3, 0.4) is 0 Å². The first-order valence-corrected chi connectivity index (χ1v) is 7.95. The number of methoxy groups -OCH3 is 2. The van der Waals surface area contributed by atoms with Crippen molar-refractivity contribution in [2.75, 3.05) is 20.8 Å². The molecule has 0 aliphatic heterocycles. The summed E-state index contributed by atoms with van der Waals surface area (Å²) < 4.78 is 21.6. The van der Waals surface area contributed by atoms with Crippen LogP contribution in [-0.2, 0) is 16.1 Å². The van der Waals surface area contributed by atoms with Crippen LogP contribution in [0.4, 0.5) is 0 Å². The van der Waals surface area contributed by atoms with Crippen LogP contribution in [0.15, 0.2) is 48.5 Å². The second-order valence-electron chi connectivity index (χ2n) is 5.11. The molecule has 0 aliphatic carbocycles. The van der Waals surface area contributed by atoms with Crippen molar-refractivity contribution < 1.29 is 23.7 Å². The van der Waals surface area contributed by atoms with Gasteiger partial charge in [-0.05, 0) is 36.3 Å². The number of benzene rings is 2. The van der Waals surface area contributed by atoms with Crippen LogP contribution in [0.1, 0.15) is 18.1 Å². The van der Waals surface area contributed by atoms with Gasteiger partial charge in [-0.2, -0.15) is 0 Å². The number of esters is 1. The van der Waals surface area contributed by atoms with Crippen molar-refractivity contribution in [2.45, 2.75) is 13.5 Å². The summed E-state index contributed by atoms with van der Waals surface area (Å²) in [4.78, 5) is 11.5. The minimum Gasteiger partial charge on any atom is -0.493 e. The first-order valence-electron chi connectivity index (χ1n) is 7.95. The smallest absolute Gasteiger partial charge is 0.330 e. The van der Waals surface area contributed by atoms with E-state index in [0.717, 1.165) is 11.1 Å². The topological polar surface area (TPSA) is 54.0 Å². The zero-order valence-electron chi connectivity index (χ0n) is 14.7. The Morgan fingerprint density at radius 3 is 2.40 bits per heavy atom. The van der Waals surface area contributed by atoms with Crippen LogP contribution < -0.4 is 14.2 Å². The van der Waals surface area contributed by atoms with E-state index in [9.17, 15) is 4.79 Å². The van der Waals surface area contributed by atoms with Gasteiger partial charge in [0.05, 0.1) is 20.8 Å². The third-order valence-corrected chi connectivity index (χ3v) is 3.40. The van der Waals surface area contributed by atoms with Crippen molar-refractivity contribution in [2.24, 2.45) is 0 Å². The van der Waals surface area contributed by atoms with Gasteiger partial charge in [-0.25, -0.2) is 4.79 Å². The van der Waals surface area contributed by atoms with Gasteiger partial charge in [0.15, 0.2) is 11.5 Å². The fourth-order valence-electron chi connectivity index (χ4n) is 2.24. The van der Waals surface area contributed by atoms with E-state index in [-0.39, 0.29) is 0 Å². The van der Waals surface area contributed by atoms with Crippen molar-refractivity contribution in [3.8, 4) is 17.2 Å². The minimum absolute atomic E-state index is 0.334. The molecule has 5 nitrogen and oxygen atoms in total. The summed E-state index contributed by atoms with van der Waals surface area (Å²) in [5, 5.41) is 0. The number of ether oxygens (including phenoxy) is 4. The molecule has 0 spiro atoms. The SMILES string of the molecule is CCOC(=O)/C=C/c1cc(OC)c(OC)c(OCc2ccccc2)c1. The van der Waals surface area contributed by atoms with E-state index in [1.807, 2.05) is 30.3 Å². The average Bonchev–Trinajstić information content (AvgIpc) is 2.65. The molecule has 0 aromatic heterocycles. The van der Waals surface area contributed by atoms with Crippen LogP contribution in [0, 0.1) is 0 Å². The Bertz CT molecular complexity index is 722. The highest BCUT2D eigenvalue weighted by Gasteiger charge is 2.13. The van der Waals surface area contributed by atoms with Crippen LogP contribution in [-0.4, -0.2) is 26.8 Å². The molecule has 25 heavy (non-hydrogen) atoms. The van der Waals surface area contributed by atoms with Crippen LogP contribution in [0.2, 0.25) is 0 Å². The average molecular weight is 342 g/mol. The van der Waals surface area contributed by atoms with Crippen molar-refractivity contribution in [3.63, 3.8) is 0 Å². The molecular weight excluding hydrogens is 320 g/mol. The van der Waals surface area contributed by atoms with Crippen LogP contribution >= 0.6 is 0 Å². The van der Waals surface area contributed by atoms with E-state index in [1.54, 1.807) is 39.4 Å². The molecule has 0 amide bonds. The molecule has 0 aliphatic rings. The molecule has 0 fully saturated rings. The molecular formula is C20H22O5. The van der Waals surface area contributed by atoms with Gasteiger partial charge in [0, 0.05) is 6.08 Å². The van der Waals surface area contributed by atoms with Gasteiger partial charge in [0.1, 0.15) is 6.61 Å². The molecule has 2 aromatic carbocycles. The lowest BCUT2D eigenvalue weighted by atomic mass is 10.1. The van der Waals surface area contributed by atoms with E-state index < -0.39 is 5.97 Å². The summed E-state index contributed by atoms with van der Waals surface area (Å²) in [5.74, 6) is 1.17. The van der Waals surface area contributed by atoms with Crippen LogP contribution in [0.5, 0.6) is 17.2 Å². The van der Waals surface area contributed by atoms with E-state index in [4.69, 9.17) is 18.9 Å². The Balaban J connectivity index is 2.26.